The highest BCUT2D eigenvalue weighted by Gasteiger charge is 2.31. The average Bonchev–Trinajstić information content (AvgIpc) is 2.69. The van der Waals surface area contributed by atoms with E-state index in [-0.39, 0.29) is 11.9 Å². The van der Waals surface area contributed by atoms with Gasteiger partial charge < -0.3 is 9.64 Å². The van der Waals surface area contributed by atoms with Crippen LogP contribution < -0.4 is 4.90 Å². The summed E-state index contributed by atoms with van der Waals surface area (Å²) >= 11 is 6.05. The highest BCUT2D eigenvalue weighted by molar-refractivity contribution is 6.30. The molecule has 0 fully saturated rings. The number of esters is 1. The molecule has 0 radical (unpaired) electrons. The van der Waals surface area contributed by atoms with Crippen molar-refractivity contribution < 1.29 is 9.53 Å². The van der Waals surface area contributed by atoms with E-state index < -0.39 is 0 Å². The van der Waals surface area contributed by atoms with E-state index in [9.17, 15) is 4.79 Å². The minimum absolute atomic E-state index is 0.115. The fourth-order valence-electron chi connectivity index (χ4n) is 3.39. The van der Waals surface area contributed by atoms with Crippen LogP contribution in [0.2, 0.25) is 5.02 Å². The van der Waals surface area contributed by atoms with Gasteiger partial charge in [0.05, 0.1) is 12.2 Å². The van der Waals surface area contributed by atoms with Crippen LogP contribution in [0.4, 0.5) is 5.69 Å². The molecule has 0 aromatic heterocycles. The smallest absolute Gasteiger partial charge is 0.336 e. The second kappa shape index (κ2) is 8.92. The lowest BCUT2D eigenvalue weighted by Gasteiger charge is -2.33. The lowest BCUT2D eigenvalue weighted by Crippen LogP contribution is -2.28. The molecule has 0 saturated heterocycles. The monoisotopic (exact) mass is 381 g/mol. The minimum Gasteiger partial charge on any atom is -0.463 e. The first-order chi connectivity index (χ1) is 13.2. The van der Waals surface area contributed by atoms with Crippen molar-refractivity contribution in [3.63, 3.8) is 0 Å². The zero-order valence-corrected chi connectivity index (χ0v) is 16.4. The number of carbonyl (C=O) groups excluding carboxylic acids is 1. The van der Waals surface area contributed by atoms with Crippen molar-refractivity contribution in [2.75, 3.05) is 11.5 Å². The molecule has 0 amide bonds. The van der Waals surface area contributed by atoms with Crippen LogP contribution in [0.1, 0.15) is 38.2 Å². The first kappa shape index (κ1) is 19.2. The molecule has 2 aromatic rings. The number of hydrogen-bond acceptors (Lipinski definition) is 3. The van der Waals surface area contributed by atoms with Crippen molar-refractivity contribution in [1.29, 1.82) is 0 Å². The molecule has 1 unspecified atom stereocenters. The van der Waals surface area contributed by atoms with E-state index in [4.69, 9.17) is 16.3 Å². The van der Waals surface area contributed by atoms with Crippen molar-refractivity contribution in [3.05, 3.63) is 88.7 Å². The van der Waals surface area contributed by atoms with Gasteiger partial charge in [0.2, 0.25) is 0 Å². The molecular weight excluding hydrogens is 358 g/mol. The van der Waals surface area contributed by atoms with Crippen molar-refractivity contribution in [3.8, 4) is 0 Å². The molecule has 1 aliphatic rings. The lowest BCUT2D eigenvalue weighted by molar-refractivity contribution is -0.138. The number of anilines is 1. The van der Waals surface area contributed by atoms with E-state index in [0.29, 0.717) is 17.2 Å². The molecule has 0 N–H and O–H groups in total. The number of ether oxygens (including phenoxy) is 1. The third kappa shape index (κ3) is 4.25. The maximum absolute atomic E-state index is 12.9. The predicted octanol–water partition coefficient (Wildman–Crippen LogP) is 6.07. The zero-order chi connectivity index (χ0) is 19.2. The van der Waals surface area contributed by atoms with Crippen molar-refractivity contribution in [2.45, 2.75) is 32.6 Å². The summed E-state index contributed by atoms with van der Waals surface area (Å²) in [5, 5.41) is 0.688. The van der Waals surface area contributed by atoms with Crippen molar-refractivity contribution in [2.24, 2.45) is 0 Å². The highest BCUT2D eigenvalue weighted by Crippen LogP contribution is 2.38. The van der Waals surface area contributed by atoms with Crippen LogP contribution >= 0.6 is 11.6 Å². The second-order valence-electron chi connectivity index (χ2n) is 6.41. The Morgan fingerprint density at radius 1 is 1.07 bits per heavy atom. The SMILES string of the molecule is CCCC1=C(C(=O)OCC)C(c2ccccc2)C=CN1c1ccc(Cl)cc1. The van der Waals surface area contributed by atoms with Crippen LogP contribution in [-0.4, -0.2) is 12.6 Å². The Kier molecular flexibility index (Phi) is 6.36. The Bertz CT molecular complexity index is 840. The van der Waals surface area contributed by atoms with E-state index in [2.05, 4.69) is 36.2 Å². The quantitative estimate of drug-likeness (QED) is 0.568. The molecule has 4 heteroatoms. The number of carbonyl (C=O) groups is 1. The Labute approximate surface area is 165 Å². The summed E-state index contributed by atoms with van der Waals surface area (Å²) in [6.45, 7) is 4.31. The maximum Gasteiger partial charge on any atom is 0.336 e. The van der Waals surface area contributed by atoms with Gasteiger partial charge in [-0.25, -0.2) is 4.79 Å². The summed E-state index contributed by atoms with van der Waals surface area (Å²) < 4.78 is 5.43. The van der Waals surface area contributed by atoms with E-state index in [1.807, 2.05) is 49.4 Å². The molecule has 2 aromatic carbocycles. The molecule has 3 nitrogen and oxygen atoms in total. The summed E-state index contributed by atoms with van der Waals surface area (Å²) in [5.41, 5.74) is 3.76. The summed E-state index contributed by atoms with van der Waals surface area (Å²) in [6.07, 6.45) is 5.83. The normalized spacial score (nSPS) is 16.6. The highest BCUT2D eigenvalue weighted by atomic mass is 35.5. The summed E-state index contributed by atoms with van der Waals surface area (Å²) in [7, 11) is 0. The lowest BCUT2D eigenvalue weighted by atomic mass is 9.86. The Hall–Kier alpha value is -2.52. The van der Waals surface area contributed by atoms with E-state index in [1.165, 1.54) is 0 Å². The van der Waals surface area contributed by atoms with Gasteiger partial charge in [-0.05, 0) is 43.2 Å². The van der Waals surface area contributed by atoms with Gasteiger partial charge in [0.1, 0.15) is 0 Å². The number of rotatable bonds is 6. The molecule has 140 valence electrons. The van der Waals surface area contributed by atoms with Gasteiger partial charge in [0.15, 0.2) is 0 Å². The van der Waals surface area contributed by atoms with Crippen LogP contribution in [0.15, 0.2) is 78.1 Å². The largest absolute Gasteiger partial charge is 0.463 e. The van der Waals surface area contributed by atoms with Crippen LogP contribution in [0.5, 0.6) is 0 Å². The van der Waals surface area contributed by atoms with Crippen molar-refractivity contribution >= 4 is 23.3 Å². The molecule has 3 rings (SSSR count). The summed E-state index contributed by atoms with van der Waals surface area (Å²) in [4.78, 5) is 15.0. The fourth-order valence-corrected chi connectivity index (χ4v) is 3.52. The fraction of sp³-hybridized carbons (Fsp3) is 0.261. The van der Waals surface area contributed by atoms with Crippen LogP contribution in [-0.2, 0) is 9.53 Å². The van der Waals surface area contributed by atoms with E-state index >= 15 is 0 Å². The van der Waals surface area contributed by atoms with Gasteiger partial charge in [0, 0.05) is 28.5 Å². The Morgan fingerprint density at radius 3 is 2.41 bits per heavy atom. The predicted molar refractivity (Wildman–Crippen MR) is 111 cm³/mol. The third-order valence-electron chi connectivity index (χ3n) is 4.59. The van der Waals surface area contributed by atoms with Crippen LogP contribution in [0.25, 0.3) is 0 Å². The number of benzene rings is 2. The molecule has 0 saturated carbocycles. The Morgan fingerprint density at radius 2 is 1.78 bits per heavy atom. The van der Waals surface area contributed by atoms with Crippen molar-refractivity contribution in [1.82, 2.24) is 0 Å². The van der Waals surface area contributed by atoms with Gasteiger partial charge in [0.25, 0.3) is 0 Å². The minimum atomic E-state index is -0.252. The number of allylic oxidation sites excluding steroid dienone is 2. The van der Waals surface area contributed by atoms with E-state index in [1.54, 1.807) is 0 Å². The first-order valence-electron chi connectivity index (χ1n) is 9.34. The topological polar surface area (TPSA) is 29.5 Å². The molecule has 1 atom stereocenters. The maximum atomic E-state index is 12.9. The van der Waals surface area contributed by atoms with Crippen LogP contribution in [0.3, 0.4) is 0 Å². The zero-order valence-electron chi connectivity index (χ0n) is 15.7. The van der Waals surface area contributed by atoms with Gasteiger partial charge in [-0.1, -0.05) is 61.4 Å². The molecule has 27 heavy (non-hydrogen) atoms. The molecule has 1 aliphatic heterocycles. The summed E-state index contributed by atoms with van der Waals surface area (Å²) in [6, 6.07) is 17.7. The standard InChI is InChI=1S/C23H24ClNO2/c1-3-8-21-22(23(26)27-4-2)20(17-9-6-5-7-10-17)15-16-25(21)19-13-11-18(24)12-14-19/h5-7,9-16,20H,3-4,8H2,1-2H3. The van der Waals surface area contributed by atoms with Gasteiger partial charge >= 0.3 is 5.97 Å². The average molecular weight is 382 g/mol. The molecule has 0 aliphatic carbocycles. The van der Waals surface area contributed by atoms with Gasteiger partial charge in [-0.3, -0.25) is 0 Å². The van der Waals surface area contributed by atoms with Crippen LogP contribution in [0, 0.1) is 0 Å². The molecule has 1 heterocycles. The third-order valence-corrected chi connectivity index (χ3v) is 4.84. The van der Waals surface area contributed by atoms with E-state index in [0.717, 1.165) is 29.8 Å². The number of nitrogens with zero attached hydrogens (tertiary/aromatic N) is 1. The summed E-state index contributed by atoms with van der Waals surface area (Å²) in [5.74, 6) is -0.367. The first-order valence-corrected chi connectivity index (χ1v) is 9.71. The second-order valence-corrected chi connectivity index (χ2v) is 6.84. The molecule has 0 bridgehead atoms. The van der Waals surface area contributed by atoms with Gasteiger partial charge in [-0.2, -0.15) is 0 Å². The number of halogens is 1. The number of hydrogen-bond donors (Lipinski definition) is 0. The van der Waals surface area contributed by atoms with Gasteiger partial charge in [-0.15, -0.1) is 0 Å². The Balaban J connectivity index is 2.12. The molecular formula is C23H24ClNO2. The molecule has 0 spiro atoms.